The second kappa shape index (κ2) is 5.11. The summed E-state index contributed by atoms with van der Waals surface area (Å²) in [6, 6.07) is 4.06. The van der Waals surface area contributed by atoms with Crippen LogP contribution in [0, 0.1) is 0 Å². The third kappa shape index (κ3) is 4.89. The highest BCUT2D eigenvalue weighted by atomic mass is 35.7. The fourth-order valence-corrected chi connectivity index (χ4v) is 1.73. The van der Waals surface area contributed by atoms with Crippen molar-refractivity contribution in [2.75, 3.05) is 5.32 Å². The molecule has 8 heteroatoms. The van der Waals surface area contributed by atoms with Gasteiger partial charge in [0.15, 0.2) is 5.03 Å². The average Bonchev–Trinajstić information content (AvgIpc) is 2.13. The van der Waals surface area contributed by atoms with E-state index in [2.05, 4.69) is 10.3 Å². The van der Waals surface area contributed by atoms with E-state index >= 15 is 0 Å². The summed E-state index contributed by atoms with van der Waals surface area (Å²) >= 11 is 0. The molecule has 0 unspecified atom stereocenters. The molecular weight excluding hydrogens is 280 g/mol. The number of pyridine rings is 1. The molecule has 100 valence electrons. The summed E-state index contributed by atoms with van der Waals surface area (Å²) in [5, 5.41) is 1.98. The first kappa shape index (κ1) is 14.7. The molecule has 0 aliphatic carbocycles. The zero-order valence-corrected chi connectivity index (χ0v) is 11.7. The molecule has 1 N–H and O–H groups in total. The second-order valence-corrected chi connectivity index (χ2v) is 6.94. The van der Waals surface area contributed by atoms with Gasteiger partial charge in [0, 0.05) is 10.7 Å². The van der Waals surface area contributed by atoms with Crippen molar-refractivity contribution in [2.24, 2.45) is 0 Å². The van der Waals surface area contributed by atoms with E-state index in [1.165, 1.54) is 18.2 Å². The molecule has 1 amide bonds. The lowest BCUT2D eigenvalue weighted by Crippen LogP contribution is -2.27. The maximum Gasteiger partial charge on any atom is 0.413 e. The molecule has 0 atom stereocenters. The Morgan fingerprint density at radius 2 is 2.00 bits per heavy atom. The van der Waals surface area contributed by atoms with Crippen LogP contribution >= 0.6 is 10.7 Å². The van der Waals surface area contributed by atoms with E-state index in [0.29, 0.717) is 0 Å². The number of halogens is 1. The van der Waals surface area contributed by atoms with Crippen LogP contribution < -0.4 is 5.32 Å². The van der Waals surface area contributed by atoms with Gasteiger partial charge in [0.25, 0.3) is 9.05 Å². The molecule has 0 spiro atoms. The van der Waals surface area contributed by atoms with Gasteiger partial charge in [-0.05, 0) is 32.9 Å². The summed E-state index contributed by atoms with van der Waals surface area (Å²) < 4.78 is 27.1. The van der Waals surface area contributed by atoms with Crippen molar-refractivity contribution >= 4 is 31.6 Å². The molecule has 0 saturated carbocycles. The molecule has 1 rings (SSSR count). The van der Waals surface area contributed by atoms with E-state index in [1.54, 1.807) is 20.8 Å². The summed E-state index contributed by atoms with van der Waals surface area (Å²) in [6.07, 6.45) is -0.723. The van der Waals surface area contributed by atoms with Crippen LogP contribution in [0.5, 0.6) is 0 Å². The number of hydrogen-bond donors (Lipinski definition) is 1. The predicted octanol–water partition coefficient (Wildman–Crippen LogP) is 2.36. The zero-order chi connectivity index (χ0) is 14.0. The zero-order valence-electron chi connectivity index (χ0n) is 10.1. The van der Waals surface area contributed by atoms with Crippen molar-refractivity contribution in [3.8, 4) is 0 Å². The maximum absolute atomic E-state index is 11.4. The van der Waals surface area contributed by atoms with Crippen molar-refractivity contribution in [1.82, 2.24) is 4.98 Å². The molecule has 1 heterocycles. The normalized spacial score (nSPS) is 12.0. The summed E-state index contributed by atoms with van der Waals surface area (Å²) in [6.45, 7) is 5.12. The first-order valence-corrected chi connectivity index (χ1v) is 7.30. The van der Waals surface area contributed by atoms with Crippen molar-refractivity contribution < 1.29 is 17.9 Å². The minimum Gasteiger partial charge on any atom is -0.444 e. The smallest absolute Gasteiger partial charge is 0.413 e. The van der Waals surface area contributed by atoms with Crippen LogP contribution in [0.3, 0.4) is 0 Å². The lowest BCUT2D eigenvalue weighted by molar-refractivity contribution is 0.0635. The SMILES string of the molecule is CC(C)(C)OC(=O)Nc1cccc(S(=O)(=O)Cl)n1. The molecule has 18 heavy (non-hydrogen) atoms. The first-order valence-electron chi connectivity index (χ1n) is 5.00. The number of carbonyl (C=O) groups excluding carboxylic acids is 1. The van der Waals surface area contributed by atoms with E-state index in [9.17, 15) is 13.2 Å². The van der Waals surface area contributed by atoms with Crippen molar-refractivity contribution in [3.63, 3.8) is 0 Å². The fourth-order valence-electron chi connectivity index (χ4n) is 1.03. The predicted molar refractivity (Wildman–Crippen MR) is 67.1 cm³/mol. The number of amides is 1. The number of nitrogens with one attached hydrogen (secondary N) is 1. The van der Waals surface area contributed by atoms with Crippen molar-refractivity contribution in [3.05, 3.63) is 18.2 Å². The minimum absolute atomic E-state index is 0.0472. The molecule has 0 aliphatic heterocycles. The van der Waals surface area contributed by atoms with Gasteiger partial charge in [0.1, 0.15) is 11.4 Å². The number of aromatic nitrogens is 1. The van der Waals surface area contributed by atoms with Crippen molar-refractivity contribution in [1.29, 1.82) is 0 Å². The lowest BCUT2D eigenvalue weighted by Gasteiger charge is -2.19. The Hall–Kier alpha value is -1.34. The van der Waals surface area contributed by atoms with Crippen LogP contribution in [0.2, 0.25) is 0 Å². The highest BCUT2D eigenvalue weighted by Gasteiger charge is 2.17. The first-order chi connectivity index (χ1) is 8.08. The lowest BCUT2D eigenvalue weighted by atomic mass is 10.2. The van der Waals surface area contributed by atoms with E-state index < -0.39 is 20.7 Å². The van der Waals surface area contributed by atoms with Gasteiger partial charge in [-0.1, -0.05) is 6.07 Å². The molecule has 1 aromatic rings. The highest BCUT2D eigenvalue weighted by Crippen LogP contribution is 2.15. The average molecular weight is 293 g/mol. The number of rotatable bonds is 2. The van der Waals surface area contributed by atoms with E-state index in [4.69, 9.17) is 15.4 Å². The largest absolute Gasteiger partial charge is 0.444 e. The van der Waals surface area contributed by atoms with Gasteiger partial charge in [0.05, 0.1) is 0 Å². The molecular formula is C10H13ClN2O4S. The Kier molecular flexibility index (Phi) is 4.18. The van der Waals surface area contributed by atoms with Gasteiger partial charge in [-0.2, -0.15) is 0 Å². The highest BCUT2D eigenvalue weighted by molar-refractivity contribution is 8.13. The standard InChI is InChI=1S/C10H13ClN2O4S/c1-10(2,3)17-9(14)13-7-5-4-6-8(12-7)18(11,15)16/h4-6H,1-3H3,(H,12,13,14). The van der Waals surface area contributed by atoms with E-state index in [0.717, 1.165) is 0 Å². The molecule has 0 radical (unpaired) electrons. The van der Waals surface area contributed by atoms with Gasteiger partial charge in [-0.25, -0.2) is 18.2 Å². The molecule has 0 aliphatic rings. The molecule has 0 bridgehead atoms. The van der Waals surface area contributed by atoms with Gasteiger partial charge in [0.2, 0.25) is 0 Å². The van der Waals surface area contributed by atoms with Crippen LogP contribution in [0.15, 0.2) is 23.2 Å². The quantitative estimate of drug-likeness (QED) is 0.846. The Balaban J connectivity index is 2.84. The molecule has 0 saturated heterocycles. The number of hydrogen-bond acceptors (Lipinski definition) is 5. The monoisotopic (exact) mass is 292 g/mol. The Morgan fingerprint density at radius 3 is 2.50 bits per heavy atom. The third-order valence-electron chi connectivity index (χ3n) is 1.60. The molecule has 0 fully saturated rings. The van der Waals surface area contributed by atoms with E-state index in [1.807, 2.05) is 0 Å². The number of nitrogens with zero attached hydrogens (tertiary/aromatic N) is 1. The molecule has 6 nitrogen and oxygen atoms in total. The minimum atomic E-state index is -3.93. The third-order valence-corrected chi connectivity index (χ3v) is 2.80. The summed E-state index contributed by atoms with van der Waals surface area (Å²) in [5.74, 6) is 0.0472. The van der Waals surface area contributed by atoms with Gasteiger partial charge < -0.3 is 4.74 Å². The van der Waals surface area contributed by atoms with Crippen LogP contribution in [0.25, 0.3) is 0 Å². The van der Waals surface area contributed by atoms with Crippen LogP contribution in [0.4, 0.5) is 10.6 Å². The molecule has 1 aromatic heterocycles. The summed E-state index contributed by atoms with van der Waals surface area (Å²) in [4.78, 5) is 15.1. The topological polar surface area (TPSA) is 85.4 Å². The number of carbonyl (C=O) groups is 1. The van der Waals surface area contributed by atoms with E-state index in [-0.39, 0.29) is 10.8 Å². The van der Waals surface area contributed by atoms with Crippen molar-refractivity contribution in [2.45, 2.75) is 31.4 Å². The Morgan fingerprint density at radius 1 is 1.39 bits per heavy atom. The Bertz CT molecular complexity index is 551. The van der Waals surface area contributed by atoms with Crippen LogP contribution in [-0.2, 0) is 13.8 Å². The van der Waals surface area contributed by atoms with Crippen LogP contribution in [-0.4, -0.2) is 25.1 Å². The Labute approximate surface area is 110 Å². The number of ether oxygens (including phenoxy) is 1. The summed E-state index contributed by atoms with van der Waals surface area (Å²) in [5.41, 5.74) is -0.653. The maximum atomic E-state index is 11.4. The fraction of sp³-hybridized carbons (Fsp3) is 0.400. The van der Waals surface area contributed by atoms with Gasteiger partial charge in [-0.15, -0.1) is 0 Å². The van der Waals surface area contributed by atoms with Gasteiger partial charge >= 0.3 is 6.09 Å². The second-order valence-electron chi connectivity index (χ2n) is 4.43. The molecule has 0 aromatic carbocycles. The summed E-state index contributed by atoms with van der Waals surface area (Å²) in [7, 11) is 1.21. The van der Waals surface area contributed by atoms with Crippen LogP contribution in [0.1, 0.15) is 20.8 Å². The van der Waals surface area contributed by atoms with Gasteiger partial charge in [-0.3, -0.25) is 5.32 Å². The number of anilines is 1.